The molecule has 112 valence electrons. The van der Waals surface area contributed by atoms with Crippen molar-refractivity contribution >= 4 is 39.9 Å². The molecule has 1 aromatic rings. The quantitative estimate of drug-likeness (QED) is 0.863. The Morgan fingerprint density at radius 1 is 1.45 bits per heavy atom. The Kier molecular flexibility index (Phi) is 7.34. The predicted octanol–water partition coefficient (Wildman–Crippen LogP) is 3.21. The van der Waals surface area contributed by atoms with Crippen LogP contribution in [0.15, 0.2) is 22.7 Å². The van der Waals surface area contributed by atoms with Gasteiger partial charge in [0.15, 0.2) is 0 Å². The average Bonchev–Trinajstić information content (AvgIpc) is 2.40. The highest BCUT2D eigenvalue weighted by Gasteiger charge is 2.16. The molecule has 0 bridgehead atoms. The highest BCUT2D eigenvalue weighted by molar-refractivity contribution is 9.10. The van der Waals surface area contributed by atoms with Crippen molar-refractivity contribution in [3.8, 4) is 5.75 Å². The van der Waals surface area contributed by atoms with Gasteiger partial charge in [0.2, 0.25) is 5.91 Å². The van der Waals surface area contributed by atoms with Crippen molar-refractivity contribution in [3.63, 3.8) is 0 Å². The summed E-state index contributed by atoms with van der Waals surface area (Å²) in [5.41, 5.74) is 0.798. The number of hydrogen-bond acceptors (Lipinski definition) is 3. The van der Waals surface area contributed by atoms with Gasteiger partial charge in [0, 0.05) is 12.1 Å². The van der Waals surface area contributed by atoms with Crippen LogP contribution in [-0.4, -0.2) is 26.1 Å². The molecule has 1 saturated heterocycles. The number of piperidine rings is 1. The van der Waals surface area contributed by atoms with Crippen molar-refractivity contribution in [2.75, 3.05) is 25.5 Å². The minimum absolute atomic E-state index is 0. The standard InChI is InChI=1S/C14H19BrN2O2.ClH/c1-19-13-3-2-11(9-12(13)15)17-14(18)8-10-4-6-16-7-5-10;/h2-3,9-10,16H,4-8H2,1H3,(H,17,18);1H. The minimum Gasteiger partial charge on any atom is -0.496 e. The van der Waals surface area contributed by atoms with Crippen LogP contribution in [0.25, 0.3) is 0 Å². The molecule has 1 fully saturated rings. The number of benzene rings is 1. The zero-order valence-corrected chi connectivity index (χ0v) is 13.9. The molecule has 1 aromatic carbocycles. The van der Waals surface area contributed by atoms with Crippen LogP contribution in [0.5, 0.6) is 5.75 Å². The summed E-state index contributed by atoms with van der Waals surface area (Å²) >= 11 is 3.41. The minimum atomic E-state index is 0. The molecule has 0 aromatic heterocycles. The summed E-state index contributed by atoms with van der Waals surface area (Å²) in [6, 6.07) is 5.55. The molecule has 2 rings (SSSR count). The summed E-state index contributed by atoms with van der Waals surface area (Å²) in [4.78, 5) is 12.0. The molecule has 0 aliphatic carbocycles. The first-order valence-corrected chi connectivity index (χ1v) is 7.32. The normalized spacial score (nSPS) is 15.3. The van der Waals surface area contributed by atoms with Crippen molar-refractivity contribution in [2.24, 2.45) is 5.92 Å². The van der Waals surface area contributed by atoms with E-state index in [4.69, 9.17) is 4.74 Å². The predicted molar refractivity (Wildman–Crippen MR) is 86.8 cm³/mol. The lowest BCUT2D eigenvalue weighted by Crippen LogP contribution is -2.30. The molecule has 0 radical (unpaired) electrons. The van der Waals surface area contributed by atoms with E-state index in [0.29, 0.717) is 12.3 Å². The number of ether oxygens (including phenoxy) is 1. The maximum absolute atomic E-state index is 12.0. The van der Waals surface area contributed by atoms with Crippen LogP contribution in [0.1, 0.15) is 19.3 Å². The molecule has 20 heavy (non-hydrogen) atoms. The average molecular weight is 364 g/mol. The summed E-state index contributed by atoms with van der Waals surface area (Å²) in [7, 11) is 1.62. The summed E-state index contributed by atoms with van der Waals surface area (Å²) in [5.74, 6) is 1.35. The maximum Gasteiger partial charge on any atom is 0.224 e. The van der Waals surface area contributed by atoms with Crippen LogP contribution in [0.4, 0.5) is 5.69 Å². The number of nitrogens with one attached hydrogen (secondary N) is 2. The van der Waals surface area contributed by atoms with Gasteiger partial charge in [0.25, 0.3) is 0 Å². The Bertz CT molecular complexity index is 451. The van der Waals surface area contributed by atoms with E-state index in [1.54, 1.807) is 7.11 Å². The van der Waals surface area contributed by atoms with Gasteiger partial charge in [-0.2, -0.15) is 0 Å². The molecule has 2 N–H and O–H groups in total. The van der Waals surface area contributed by atoms with Crippen LogP contribution in [-0.2, 0) is 4.79 Å². The van der Waals surface area contributed by atoms with E-state index in [1.807, 2.05) is 18.2 Å². The van der Waals surface area contributed by atoms with Crippen molar-refractivity contribution in [3.05, 3.63) is 22.7 Å². The largest absolute Gasteiger partial charge is 0.496 e. The van der Waals surface area contributed by atoms with E-state index in [1.165, 1.54) is 0 Å². The van der Waals surface area contributed by atoms with Crippen LogP contribution in [0, 0.1) is 5.92 Å². The van der Waals surface area contributed by atoms with Crippen LogP contribution >= 0.6 is 28.3 Å². The van der Waals surface area contributed by atoms with Gasteiger partial charge in [-0.25, -0.2) is 0 Å². The molecule has 1 aliphatic rings. The Morgan fingerprint density at radius 3 is 2.75 bits per heavy atom. The number of halogens is 2. The number of rotatable bonds is 4. The molecule has 1 amide bonds. The topological polar surface area (TPSA) is 50.4 Å². The highest BCUT2D eigenvalue weighted by atomic mass is 79.9. The van der Waals surface area contributed by atoms with Gasteiger partial charge in [0.05, 0.1) is 11.6 Å². The summed E-state index contributed by atoms with van der Waals surface area (Å²) in [6.45, 7) is 2.04. The fraction of sp³-hybridized carbons (Fsp3) is 0.500. The van der Waals surface area contributed by atoms with E-state index < -0.39 is 0 Å². The van der Waals surface area contributed by atoms with Crippen LogP contribution in [0.3, 0.4) is 0 Å². The lowest BCUT2D eigenvalue weighted by atomic mass is 9.94. The van der Waals surface area contributed by atoms with Crippen molar-refractivity contribution in [1.82, 2.24) is 5.32 Å². The third-order valence-electron chi connectivity index (χ3n) is 3.37. The first kappa shape index (κ1) is 17.3. The zero-order valence-electron chi connectivity index (χ0n) is 11.4. The monoisotopic (exact) mass is 362 g/mol. The van der Waals surface area contributed by atoms with Gasteiger partial charge in [-0.15, -0.1) is 12.4 Å². The van der Waals surface area contributed by atoms with E-state index in [-0.39, 0.29) is 18.3 Å². The molecular weight excluding hydrogens is 344 g/mol. The molecule has 0 unspecified atom stereocenters. The van der Waals surface area contributed by atoms with Gasteiger partial charge in [-0.1, -0.05) is 0 Å². The van der Waals surface area contributed by atoms with Crippen molar-refractivity contribution < 1.29 is 9.53 Å². The summed E-state index contributed by atoms with van der Waals surface area (Å²) < 4.78 is 6.00. The lowest BCUT2D eigenvalue weighted by molar-refractivity contribution is -0.117. The molecule has 0 spiro atoms. The third kappa shape index (κ3) is 4.96. The molecule has 4 nitrogen and oxygen atoms in total. The van der Waals surface area contributed by atoms with E-state index in [0.717, 1.165) is 41.8 Å². The third-order valence-corrected chi connectivity index (χ3v) is 3.99. The molecular formula is C14H20BrClN2O2. The Hall–Kier alpha value is -0.780. The fourth-order valence-electron chi connectivity index (χ4n) is 2.30. The first-order valence-electron chi connectivity index (χ1n) is 6.53. The number of methoxy groups -OCH3 is 1. The van der Waals surface area contributed by atoms with Gasteiger partial charge in [-0.3, -0.25) is 4.79 Å². The van der Waals surface area contributed by atoms with Gasteiger partial charge in [-0.05, 0) is 66.0 Å². The van der Waals surface area contributed by atoms with E-state index >= 15 is 0 Å². The van der Waals surface area contributed by atoms with Gasteiger partial charge < -0.3 is 15.4 Å². The molecule has 1 aliphatic heterocycles. The molecule has 0 atom stereocenters. The molecule has 0 saturated carbocycles. The van der Waals surface area contributed by atoms with Gasteiger partial charge >= 0.3 is 0 Å². The van der Waals surface area contributed by atoms with Crippen LogP contribution in [0.2, 0.25) is 0 Å². The summed E-state index contributed by atoms with van der Waals surface area (Å²) in [6.07, 6.45) is 2.77. The van der Waals surface area contributed by atoms with E-state index in [2.05, 4.69) is 26.6 Å². The number of hydrogen-bond donors (Lipinski definition) is 2. The Morgan fingerprint density at radius 2 is 2.15 bits per heavy atom. The fourth-order valence-corrected chi connectivity index (χ4v) is 2.84. The van der Waals surface area contributed by atoms with Crippen molar-refractivity contribution in [2.45, 2.75) is 19.3 Å². The highest BCUT2D eigenvalue weighted by Crippen LogP contribution is 2.28. The number of anilines is 1. The Labute approximate surface area is 134 Å². The van der Waals surface area contributed by atoms with E-state index in [9.17, 15) is 4.79 Å². The number of carbonyl (C=O) groups excluding carboxylic acids is 1. The smallest absolute Gasteiger partial charge is 0.224 e. The molecule has 1 heterocycles. The second-order valence-corrected chi connectivity index (χ2v) is 5.65. The van der Waals surface area contributed by atoms with Crippen molar-refractivity contribution in [1.29, 1.82) is 0 Å². The van der Waals surface area contributed by atoms with Crippen LogP contribution < -0.4 is 15.4 Å². The number of carbonyl (C=O) groups is 1. The summed E-state index contributed by atoms with van der Waals surface area (Å²) in [5, 5.41) is 6.24. The second-order valence-electron chi connectivity index (χ2n) is 4.80. The first-order chi connectivity index (χ1) is 9.19. The molecule has 6 heteroatoms. The zero-order chi connectivity index (χ0) is 13.7. The van der Waals surface area contributed by atoms with Gasteiger partial charge in [0.1, 0.15) is 5.75 Å². The lowest BCUT2D eigenvalue weighted by Gasteiger charge is -2.21. The Balaban J connectivity index is 0.00000200. The number of amides is 1. The maximum atomic E-state index is 12.0. The SMILES string of the molecule is COc1ccc(NC(=O)CC2CCNCC2)cc1Br.Cl. The second kappa shape index (κ2) is 8.49.